The standard InChI is InChI=1S/C19H29N3O4/c1-12(2)11-22-17(14-3-4-14)16(10-21-22)18(23)20-9-15(19(24)25)13-5-7-26-8-6-13/h10,12-15H,3-9,11H2,1-2H3,(H,20,23)(H,24,25). The summed E-state index contributed by atoms with van der Waals surface area (Å²) in [6, 6.07) is 0. The van der Waals surface area contributed by atoms with Crippen LogP contribution in [0.1, 0.15) is 61.5 Å². The second kappa shape index (κ2) is 8.20. The highest BCUT2D eigenvalue weighted by molar-refractivity contribution is 5.95. The van der Waals surface area contributed by atoms with Gasteiger partial charge in [0.05, 0.1) is 23.4 Å². The van der Waals surface area contributed by atoms with E-state index in [1.54, 1.807) is 6.20 Å². The number of rotatable bonds is 8. The van der Waals surface area contributed by atoms with Crippen LogP contribution in [0.15, 0.2) is 6.20 Å². The minimum Gasteiger partial charge on any atom is -0.481 e. The van der Waals surface area contributed by atoms with Crippen LogP contribution in [0, 0.1) is 17.8 Å². The van der Waals surface area contributed by atoms with Gasteiger partial charge in [-0.05, 0) is 37.5 Å². The second-order valence-corrected chi connectivity index (χ2v) is 7.90. The van der Waals surface area contributed by atoms with E-state index >= 15 is 0 Å². The average molecular weight is 363 g/mol. The lowest BCUT2D eigenvalue weighted by Gasteiger charge is -2.27. The van der Waals surface area contributed by atoms with E-state index in [1.165, 1.54) is 0 Å². The minimum absolute atomic E-state index is 0.0492. The molecule has 2 N–H and O–H groups in total. The molecule has 1 atom stereocenters. The molecule has 1 saturated carbocycles. The average Bonchev–Trinajstić information content (AvgIpc) is 3.36. The van der Waals surface area contributed by atoms with Crippen molar-refractivity contribution in [3.05, 3.63) is 17.5 Å². The van der Waals surface area contributed by atoms with Crippen molar-refractivity contribution in [1.29, 1.82) is 0 Å². The smallest absolute Gasteiger partial charge is 0.308 e. The van der Waals surface area contributed by atoms with Crippen LogP contribution in [0.3, 0.4) is 0 Å². The fourth-order valence-corrected chi connectivity index (χ4v) is 3.72. The van der Waals surface area contributed by atoms with Crippen LogP contribution in [0.4, 0.5) is 0 Å². The summed E-state index contributed by atoms with van der Waals surface area (Å²) in [5.74, 6) is -0.725. The number of carbonyl (C=O) groups excluding carboxylic acids is 1. The predicted octanol–water partition coefficient (Wildman–Crippen LogP) is 2.27. The highest BCUT2D eigenvalue weighted by Gasteiger charge is 2.34. The summed E-state index contributed by atoms with van der Waals surface area (Å²) in [6.07, 6.45) is 5.27. The maximum absolute atomic E-state index is 12.7. The summed E-state index contributed by atoms with van der Waals surface area (Å²) >= 11 is 0. The molecule has 144 valence electrons. The van der Waals surface area contributed by atoms with E-state index in [-0.39, 0.29) is 18.4 Å². The van der Waals surface area contributed by atoms with E-state index in [9.17, 15) is 14.7 Å². The Morgan fingerprint density at radius 2 is 2.00 bits per heavy atom. The third kappa shape index (κ3) is 4.44. The largest absolute Gasteiger partial charge is 0.481 e. The van der Waals surface area contributed by atoms with Gasteiger partial charge in [0.25, 0.3) is 5.91 Å². The monoisotopic (exact) mass is 363 g/mol. The van der Waals surface area contributed by atoms with Crippen molar-refractivity contribution < 1.29 is 19.4 Å². The molecule has 1 saturated heterocycles. The van der Waals surface area contributed by atoms with Gasteiger partial charge in [-0.3, -0.25) is 14.3 Å². The highest BCUT2D eigenvalue weighted by atomic mass is 16.5. The first-order chi connectivity index (χ1) is 12.5. The molecule has 3 rings (SSSR count). The SMILES string of the molecule is CC(C)Cn1ncc(C(=O)NCC(C(=O)O)C2CCOCC2)c1C1CC1. The quantitative estimate of drug-likeness (QED) is 0.739. The van der Waals surface area contributed by atoms with Crippen LogP contribution < -0.4 is 5.32 Å². The first-order valence-electron chi connectivity index (χ1n) is 9.61. The summed E-state index contributed by atoms with van der Waals surface area (Å²) in [6.45, 7) is 6.39. The molecular formula is C19H29N3O4. The topological polar surface area (TPSA) is 93.5 Å². The van der Waals surface area contributed by atoms with Gasteiger partial charge >= 0.3 is 5.97 Å². The number of nitrogens with zero attached hydrogens (tertiary/aromatic N) is 2. The molecule has 0 radical (unpaired) electrons. The number of ether oxygens (including phenoxy) is 1. The van der Waals surface area contributed by atoms with E-state index in [2.05, 4.69) is 24.3 Å². The first kappa shape index (κ1) is 18.9. The van der Waals surface area contributed by atoms with Crippen LogP contribution >= 0.6 is 0 Å². The zero-order valence-electron chi connectivity index (χ0n) is 15.6. The van der Waals surface area contributed by atoms with Crippen molar-refractivity contribution in [3.63, 3.8) is 0 Å². The number of carboxylic acids is 1. The number of carboxylic acid groups (broad SMARTS) is 1. The molecule has 7 nitrogen and oxygen atoms in total. The lowest BCUT2D eigenvalue weighted by atomic mass is 9.86. The fourth-order valence-electron chi connectivity index (χ4n) is 3.72. The van der Waals surface area contributed by atoms with Crippen molar-refractivity contribution in [2.75, 3.05) is 19.8 Å². The van der Waals surface area contributed by atoms with Gasteiger partial charge in [0.2, 0.25) is 0 Å². The van der Waals surface area contributed by atoms with Crippen molar-refractivity contribution in [3.8, 4) is 0 Å². The Morgan fingerprint density at radius 1 is 1.31 bits per heavy atom. The molecular weight excluding hydrogens is 334 g/mol. The van der Waals surface area contributed by atoms with Crippen LogP contribution in [-0.2, 0) is 16.1 Å². The van der Waals surface area contributed by atoms with Gasteiger partial charge in [-0.2, -0.15) is 5.10 Å². The number of nitrogens with one attached hydrogen (secondary N) is 1. The van der Waals surface area contributed by atoms with Gasteiger partial charge < -0.3 is 15.2 Å². The third-order valence-corrected chi connectivity index (χ3v) is 5.26. The Kier molecular flexibility index (Phi) is 5.96. The summed E-state index contributed by atoms with van der Waals surface area (Å²) in [5.41, 5.74) is 1.61. The molecule has 0 aromatic carbocycles. The van der Waals surface area contributed by atoms with Crippen LogP contribution in [0.2, 0.25) is 0 Å². The summed E-state index contributed by atoms with van der Waals surface area (Å²) in [7, 11) is 0. The molecule has 2 heterocycles. The van der Waals surface area contributed by atoms with Crippen molar-refractivity contribution in [2.24, 2.45) is 17.8 Å². The lowest BCUT2D eigenvalue weighted by molar-refractivity contribution is -0.144. The molecule has 1 aliphatic heterocycles. The maximum atomic E-state index is 12.7. The Hall–Kier alpha value is -1.89. The van der Waals surface area contributed by atoms with Crippen LogP contribution in [-0.4, -0.2) is 46.5 Å². The number of hydrogen-bond acceptors (Lipinski definition) is 4. The van der Waals surface area contributed by atoms with E-state index in [1.807, 2.05) is 4.68 Å². The molecule has 1 amide bonds. The van der Waals surface area contributed by atoms with Crippen molar-refractivity contribution >= 4 is 11.9 Å². The van der Waals surface area contributed by atoms with Gasteiger partial charge in [-0.25, -0.2) is 0 Å². The van der Waals surface area contributed by atoms with Crippen molar-refractivity contribution in [1.82, 2.24) is 15.1 Å². The molecule has 1 aromatic heterocycles. The molecule has 0 spiro atoms. The minimum atomic E-state index is -0.852. The highest BCUT2D eigenvalue weighted by Crippen LogP contribution is 2.41. The van der Waals surface area contributed by atoms with Gasteiger partial charge in [0, 0.05) is 32.2 Å². The van der Waals surface area contributed by atoms with E-state index in [0.29, 0.717) is 30.6 Å². The summed E-state index contributed by atoms with van der Waals surface area (Å²) in [5, 5.41) is 16.8. The fraction of sp³-hybridized carbons (Fsp3) is 0.737. The zero-order valence-corrected chi connectivity index (χ0v) is 15.6. The first-order valence-corrected chi connectivity index (χ1v) is 9.61. The number of aliphatic carboxylic acids is 1. The second-order valence-electron chi connectivity index (χ2n) is 7.90. The molecule has 0 bridgehead atoms. The normalized spacial score (nSPS) is 19.5. The van der Waals surface area contributed by atoms with Gasteiger partial charge in [-0.15, -0.1) is 0 Å². The number of carbonyl (C=O) groups is 2. The Balaban J connectivity index is 1.67. The van der Waals surface area contributed by atoms with Crippen LogP contribution in [0.5, 0.6) is 0 Å². The summed E-state index contributed by atoms with van der Waals surface area (Å²) in [4.78, 5) is 24.4. The molecule has 2 fully saturated rings. The van der Waals surface area contributed by atoms with E-state index < -0.39 is 11.9 Å². The van der Waals surface area contributed by atoms with Gasteiger partial charge in [-0.1, -0.05) is 13.8 Å². The lowest BCUT2D eigenvalue weighted by Crippen LogP contribution is -2.39. The number of amides is 1. The maximum Gasteiger partial charge on any atom is 0.308 e. The number of hydrogen-bond donors (Lipinski definition) is 2. The molecule has 1 unspecified atom stereocenters. The summed E-state index contributed by atoms with van der Waals surface area (Å²) < 4.78 is 7.27. The predicted molar refractivity (Wildman–Crippen MR) is 96.0 cm³/mol. The Bertz CT molecular complexity index is 645. The molecule has 2 aliphatic rings. The Morgan fingerprint density at radius 3 is 2.58 bits per heavy atom. The molecule has 1 aliphatic carbocycles. The Labute approximate surface area is 154 Å². The zero-order chi connectivity index (χ0) is 18.7. The van der Waals surface area contributed by atoms with Gasteiger partial charge in [0.1, 0.15) is 0 Å². The number of aromatic nitrogens is 2. The van der Waals surface area contributed by atoms with Crippen LogP contribution in [0.25, 0.3) is 0 Å². The van der Waals surface area contributed by atoms with Crippen molar-refractivity contribution in [2.45, 2.75) is 52.0 Å². The van der Waals surface area contributed by atoms with Gasteiger partial charge in [0.15, 0.2) is 0 Å². The third-order valence-electron chi connectivity index (χ3n) is 5.26. The van der Waals surface area contributed by atoms with E-state index in [0.717, 1.165) is 37.9 Å². The molecule has 1 aromatic rings. The molecule has 7 heteroatoms. The van der Waals surface area contributed by atoms with E-state index in [4.69, 9.17) is 4.74 Å². The molecule has 26 heavy (non-hydrogen) atoms.